The van der Waals surface area contributed by atoms with Gasteiger partial charge in [-0.1, -0.05) is 0 Å². The van der Waals surface area contributed by atoms with Crippen LogP contribution in [0.2, 0.25) is 0 Å². The third-order valence-electron chi connectivity index (χ3n) is 5.70. The molecule has 98 valence electrons. The molecule has 1 atom stereocenters. The molecule has 0 aromatic carbocycles. The highest BCUT2D eigenvalue weighted by molar-refractivity contribution is 7.61. The van der Waals surface area contributed by atoms with Crippen LogP contribution in [0.1, 0.15) is 38.5 Å². The van der Waals surface area contributed by atoms with Crippen molar-refractivity contribution in [3.05, 3.63) is 0 Å². The molecule has 4 fully saturated rings. The fraction of sp³-hybridized carbons (Fsp3) is 1.00. The van der Waals surface area contributed by atoms with Crippen molar-refractivity contribution in [2.24, 2.45) is 17.8 Å². The van der Waals surface area contributed by atoms with Gasteiger partial charge in [0.1, 0.15) is 0 Å². The highest BCUT2D eigenvalue weighted by atomic mass is 31.1. The Morgan fingerprint density at radius 3 is 1.71 bits per heavy atom. The molecule has 0 aliphatic heterocycles. The molecule has 1 unspecified atom stereocenters. The molecular weight excluding hydrogens is 242 g/mol. The summed E-state index contributed by atoms with van der Waals surface area (Å²) in [5.41, 5.74) is 0. The summed E-state index contributed by atoms with van der Waals surface area (Å²) < 4.78 is 0. The van der Waals surface area contributed by atoms with Crippen LogP contribution in [0.15, 0.2) is 0 Å². The van der Waals surface area contributed by atoms with E-state index in [0.29, 0.717) is 15.8 Å². The molecule has 0 nitrogen and oxygen atoms in total. The maximum absolute atomic E-state index is 2.65. The van der Waals surface area contributed by atoms with E-state index in [1.165, 1.54) is 0 Å². The summed E-state index contributed by atoms with van der Waals surface area (Å²) in [7, 11) is 0.671. The van der Waals surface area contributed by atoms with E-state index in [2.05, 4.69) is 20.0 Å². The van der Waals surface area contributed by atoms with Crippen molar-refractivity contribution in [2.45, 2.75) is 43.7 Å². The van der Waals surface area contributed by atoms with E-state index in [0.717, 1.165) is 22.9 Å². The number of hydrogen-bond acceptors (Lipinski definition) is 0. The Bertz CT molecular complexity index is 249. The normalized spacial score (nSPS) is 45.5. The van der Waals surface area contributed by atoms with Crippen molar-refractivity contribution in [1.29, 1.82) is 0 Å². The summed E-state index contributed by atoms with van der Waals surface area (Å²) in [6, 6.07) is 0. The van der Waals surface area contributed by atoms with Gasteiger partial charge >= 0.3 is 0 Å². The lowest BCUT2D eigenvalue weighted by molar-refractivity contribution is 0.0357. The summed E-state index contributed by atoms with van der Waals surface area (Å²) in [4.78, 5) is 0. The van der Waals surface area contributed by atoms with Gasteiger partial charge in [-0.05, 0) is 93.8 Å². The molecular formula is C15H28P2. The van der Waals surface area contributed by atoms with Crippen LogP contribution >= 0.6 is 15.8 Å². The Labute approximate surface area is 110 Å². The van der Waals surface area contributed by atoms with E-state index >= 15 is 0 Å². The first-order valence-corrected chi connectivity index (χ1v) is 11.8. The number of hydrogen-bond donors (Lipinski definition) is 0. The molecule has 0 aromatic rings. The Morgan fingerprint density at radius 2 is 1.29 bits per heavy atom. The van der Waals surface area contributed by atoms with Gasteiger partial charge in [0.15, 0.2) is 0 Å². The predicted octanol–water partition coefficient (Wildman–Crippen LogP) is 4.81. The van der Waals surface area contributed by atoms with Crippen LogP contribution < -0.4 is 0 Å². The van der Waals surface area contributed by atoms with Crippen LogP contribution in [0.4, 0.5) is 0 Å². The Kier molecular flexibility index (Phi) is 3.60. The zero-order chi connectivity index (χ0) is 12.0. The van der Waals surface area contributed by atoms with E-state index in [-0.39, 0.29) is 0 Å². The summed E-state index contributed by atoms with van der Waals surface area (Å²) in [6.07, 6.45) is 12.8. The standard InChI is InChI=1S/C15H28P2/c1-16(2)4-5-17(3)15-9-12-6-13(10-15)8-14(7-12)11-15/h12-14H,4-11H2,1-3H3. The van der Waals surface area contributed by atoms with E-state index < -0.39 is 0 Å². The maximum atomic E-state index is 2.65. The van der Waals surface area contributed by atoms with Crippen LogP contribution in [0.25, 0.3) is 0 Å². The van der Waals surface area contributed by atoms with Gasteiger partial charge < -0.3 is 0 Å². The SMILES string of the molecule is CP(C)CCP(C)C12CC3CC(CC(C3)C1)C2. The molecule has 2 heteroatoms. The third kappa shape index (κ3) is 2.47. The molecule has 0 heterocycles. The van der Waals surface area contributed by atoms with Crippen LogP contribution in [0.3, 0.4) is 0 Å². The second-order valence-electron chi connectivity index (χ2n) is 7.37. The number of rotatable bonds is 4. The summed E-state index contributed by atoms with van der Waals surface area (Å²) in [6.45, 7) is 7.57. The molecule has 4 aliphatic rings. The van der Waals surface area contributed by atoms with Crippen LogP contribution in [0.5, 0.6) is 0 Å². The lowest BCUT2D eigenvalue weighted by Gasteiger charge is -2.59. The Hall–Kier alpha value is 0.860. The van der Waals surface area contributed by atoms with Gasteiger partial charge in [0, 0.05) is 0 Å². The average molecular weight is 270 g/mol. The first-order valence-electron chi connectivity index (χ1n) is 7.43. The largest absolute Gasteiger partial charge is 0.113 e. The van der Waals surface area contributed by atoms with E-state index in [1.807, 2.05) is 0 Å². The van der Waals surface area contributed by atoms with Gasteiger partial charge in [-0.25, -0.2) is 0 Å². The van der Waals surface area contributed by atoms with E-state index in [1.54, 1.807) is 50.8 Å². The Morgan fingerprint density at radius 1 is 0.824 bits per heavy atom. The van der Waals surface area contributed by atoms with Crippen LogP contribution in [-0.4, -0.2) is 37.5 Å². The molecule has 4 rings (SSSR count). The second-order valence-corrected chi connectivity index (χ2v) is 12.8. The molecule has 0 N–H and O–H groups in total. The molecule has 4 aliphatic carbocycles. The monoisotopic (exact) mass is 270 g/mol. The fourth-order valence-corrected chi connectivity index (χ4v) is 10.1. The van der Waals surface area contributed by atoms with Crippen molar-refractivity contribution in [3.8, 4) is 0 Å². The molecule has 0 spiro atoms. The Balaban J connectivity index is 1.68. The zero-order valence-corrected chi connectivity index (χ0v) is 13.6. The quantitative estimate of drug-likeness (QED) is 0.643. The van der Waals surface area contributed by atoms with Crippen molar-refractivity contribution >= 4 is 15.8 Å². The van der Waals surface area contributed by atoms with Crippen molar-refractivity contribution in [2.75, 3.05) is 32.3 Å². The molecule has 4 saturated carbocycles. The summed E-state index contributed by atoms with van der Waals surface area (Å²) >= 11 is 0. The minimum atomic E-state index is 0.329. The first-order chi connectivity index (χ1) is 8.07. The van der Waals surface area contributed by atoms with Crippen LogP contribution in [0, 0.1) is 17.8 Å². The second kappa shape index (κ2) is 4.76. The van der Waals surface area contributed by atoms with E-state index in [9.17, 15) is 0 Å². The van der Waals surface area contributed by atoms with Gasteiger partial charge in [-0.2, -0.15) is 0 Å². The smallest absolute Gasteiger partial charge is 0.00888 e. The molecule has 0 radical (unpaired) electrons. The lowest BCUT2D eigenvalue weighted by atomic mass is 9.56. The van der Waals surface area contributed by atoms with Gasteiger partial charge in [0.05, 0.1) is 0 Å². The highest BCUT2D eigenvalue weighted by Gasteiger charge is 2.52. The third-order valence-corrected chi connectivity index (χ3v) is 10.2. The summed E-state index contributed by atoms with van der Waals surface area (Å²) in [5.74, 6) is 3.45. The van der Waals surface area contributed by atoms with Crippen LogP contribution in [-0.2, 0) is 0 Å². The molecule has 0 amide bonds. The van der Waals surface area contributed by atoms with Gasteiger partial charge in [-0.15, -0.1) is 15.8 Å². The average Bonchev–Trinajstić information content (AvgIpc) is 2.23. The van der Waals surface area contributed by atoms with Crippen molar-refractivity contribution < 1.29 is 0 Å². The van der Waals surface area contributed by atoms with Gasteiger partial charge in [0.2, 0.25) is 0 Å². The minimum absolute atomic E-state index is 0.329. The lowest BCUT2D eigenvalue weighted by Crippen LogP contribution is -2.49. The maximum Gasteiger partial charge on any atom is -0.00888 e. The van der Waals surface area contributed by atoms with Gasteiger partial charge in [0.25, 0.3) is 0 Å². The molecule has 4 bridgehead atoms. The first kappa shape index (κ1) is 12.9. The molecule has 0 aromatic heterocycles. The molecule has 0 saturated heterocycles. The van der Waals surface area contributed by atoms with Crippen molar-refractivity contribution in [1.82, 2.24) is 0 Å². The van der Waals surface area contributed by atoms with Crippen molar-refractivity contribution in [3.63, 3.8) is 0 Å². The predicted molar refractivity (Wildman–Crippen MR) is 82.2 cm³/mol. The van der Waals surface area contributed by atoms with Gasteiger partial charge in [-0.3, -0.25) is 0 Å². The fourth-order valence-electron chi connectivity index (χ4n) is 5.12. The minimum Gasteiger partial charge on any atom is -0.113 e. The highest BCUT2D eigenvalue weighted by Crippen LogP contribution is 2.67. The summed E-state index contributed by atoms with van der Waals surface area (Å²) in [5, 5.41) is 0.870. The van der Waals surface area contributed by atoms with E-state index in [4.69, 9.17) is 0 Å². The molecule has 17 heavy (non-hydrogen) atoms. The zero-order valence-electron chi connectivity index (χ0n) is 11.8. The topological polar surface area (TPSA) is 0 Å².